The van der Waals surface area contributed by atoms with E-state index >= 15 is 0 Å². The first-order valence-corrected chi connectivity index (χ1v) is 13.9. The first-order valence-electron chi connectivity index (χ1n) is 13.9. The number of para-hydroxylation sites is 2. The fraction of sp³-hybridized carbons (Fsp3) is 0.679. The van der Waals surface area contributed by atoms with Crippen LogP contribution in [0.1, 0.15) is 70.3 Å². The van der Waals surface area contributed by atoms with Crippen molar-refractivity contribution >= 4 is 22.8 Å². The van der Waals surface area contributed by atoms with E-state index < -0.39 is 0 Å². The lowest BCUT2D eigenvalue weighted by atomic mass is 9.93. The zero-order chi connectivity index (χ0) is 24.9. The van der Waals surface area contributed by atoms with Crippen molar-refractivity contribution in [3.05, 3.63) is 34.6 Å². The second-order valence-corrected chi connectivity index (χ2v) is 10.8. The minimum absolute atomic E-state index is 0.0201. The lowest BCUT2D eigenvalue weighted by Crippen LogP contribution is -2.44. The maximum atomic E-state index is 13.9. The number of fused-ring (bicyclic) bond motifs is 1. The van der Waals surface area contributed by atoms with Crippen LogP contribution < -0.4 is 15.8 Å². The summed E-state index contributed by atoms with van der Waals surface area (Å²) >= 11 is 0. The van der Waals surface area contributed by atoms with Crippen molar-refractivity contribution in [2.24, 2.45) is 0 Å². The van der Waals surface area contributed by atoms with Gasteiger partial charge in [0.15, 0.2) is 5.82 Å². The number of hydrogen-bond donors (Lipinski definition) is 1. The number of nitrogens with one attached hydrogen (secondary N) is 1. The summed E-state index contributed by atoms with van der Waals surface area (Å²) < 4.78 is 6.79. The molecule has 8 nitrogen and oxygen atoms in total. The smallest absolute Gasteiger partial charge is 0.319 e. The van der Waals surface area contributed by atoms with Crippen LogP contribution in [0.4, 0.5) is 5.82 Å². The summed E-state index contributed by atoms with van der Waals surface area (Å²) in [4.78, 5) is 35.1. The summed E-state index contributed by atoms with van der Waals surface area (Å²) in [5.41, 5.74) is 1.84. The Morgan fingerprint density at radius 1 is 0.972 bits per heavy atom. The third-order valence-corrected chi connectivity index (χ3v) is 8.48. The first-order chi connectivity index (χ1) is 17.6. The zero-order valence-corrected chi connectivity index (χ0v) is 21.7. The molecule has 1 aromatic heterocycles. The second kappa shape index (κ2) is 11.7. The summed E-state index contributed by atoms with van der Waals surface area (Å²) in [7, 11) is 1.40. The van der Waals surface area contributed by atoms with E-state index in [2.05, 4.69) is 15.1 Å². The predicted octanol–water partition coefficient (Wildman–Crippen LogP) is 3.49. The molecule has 2 saturated heterocycles. The highest BCUT2D eigenvalue weighted by Gasteiger charge is 2.31. The van der Waals surface area contributed by atoms with Crippen LogP contribution in [0.25, 0.3) is 11.0 Å². The quantitative estimate of drug-likeness (QED) is 0.615. The summed E-state index contributed by atoms with van der Waals surface area (Å²) in [6.45, 7) is 3.73. The van der Waals surface area contributed by atoms with Crippen LogP contribution in [0.5, 0.6) is 0 Å². The van der Waals surface area contributed by atoms with Gasteiger partial charge in [-0.25, -0.2) is 4.98 Å². The molecule has 1 N–H and O–H groups in total. The molecule has 0 amide bonds. The third-order valence-electron chi connectivity index (χ3n) is 8.48. The van der Waals surface area contributed by atoms with Crippen molar-refractivity contribution in [2.45, 2.75) is 82.3 Å². The van der Waals surface area contributed by atoms with Gasteiger partial charge in [0.05, 0.1) is 24.7 Å². The molecule has 36 heavy (non-hydrogen) atoms. The third kappa shape index (κ3) is 5.59. The monoisotopic (exact) mass is 495 g/mol. The van der Waals surface area contributed by atoms with Crippen LogP contribution in [-0.4, -0.2) is 72.3 Å². The number of esters is 1. The fourth-order valence-corrected chi connectivity index (χ4v) is 6.44. The van der Waals surface area contributed by atoms with Crippen molar-refractivity contribution in [1.82, 2.24) is 19.8 Å². The van der Waals surface area contributed by atoms with Crippen LogP contribution in [-0.2, 0) is 9.53 Å². The first kappa shape index (κ1) is 25.2. The van der Waals surface area contributed by atoms with Gasteiger partial charge in [0.2, 0.25) is 0 Å². The van der Waals surface area contributed by atoms with Crippen LogP contribution in [0.2, 0.25) is 0 Å². The highest BCUT2D eigenvalue weighted by molar-refractivity contribution is 5.76. The molecule has 196 valence electrons. The van der Waals surface area contributed by atoms with E-state index in [0.717, 1.165) is 49.9 Å². The Kier molecular flexibility index (Phi) is 8.22. The number of piperidine rings is 1. The number of nitrogens with zero attached hydrogens (tertiary/aromatic N) is 4. The standard InChI is InChI=1S/C28H41N5O3/c1-36-26(34)19-29-21-13-16-32(20-21)27-28(35)33(25-12-8-7-11-24(25)30-27)23-14-17-31(18-15-23)22-9-5-3-2-4-6-10-22/h7-8,11-12,21-23,29H,2-6,9-10,13-20H2,1H3/t21-/m0/s1. The molecule has 1 aromatic carbocycles. The Hall–Kier alpha value is -2.45. The van der Waals surface area contributed by atoms with E-state index in [4.69, 9.17) is 9.72 Å². The molecule has 2 aliphatic heterocycles. The highest BCUT2D eigenvalue weighted by atomic mass is 16.5. The van der Waals surface area contributed by atoms with Gasteiger partial charge < -0.3 is 24.4 Å². The van der Waals surface area contributed by atoms with Gasteiger partial charge in [0.1, 0.15) is 0 Å². The average molecular weight is 496 g/mol. The number of likely N-dealkylation sites (tertiary alicyclic amines) is 1. The second-order valence-electron chi connectivity index (χ2n) is 10.8. The Morgan fingerprint density at radius 3 is 2.44 bits per heavy atom. The predicted molar refractivity (Wildman–Crippen MR) is 143 cm³/mol. The van der Waals surface area contributed by atoms with Gasteiger partial charge in [0, 0.05) is 44.3 Å². The van der Waals surface area contributed by atoms with Crippen LogP contribution in [0.15, 0.2) is 29.1 Å². The molecule has 2 aromatic rings. The molecule has 1 atom stereocenters. The fourth-order valence-electron chi connectivity index (χ4n) is 6.44. The van der Waals surface area contributed by atoms with Gasteiger partial charge in [-0.1, -0.05) is 44.2 Å². The van der Waals surface area contributed by atoms with Crippen LogP contribution in [0, 0.1) is 0 Å². The number of methoxy groups -OCH3 is 1. The Bertz CT molecular complexity index is 1090. The number of carbonyl (C=O) groups is 1. The highest BCUT2D eigenvalue weighted by Crippen LogP contribution is 2.30. The molecule has 1 saturated carbocycles. The van der Waals surface area contributed by atoms with Crippen molar-refractivity contribution < 1.29 is 9.53 Å². The van der Waals surface area contributed by atoms with Crippen molar-refractivity contribution in [2.75, 3.05) is 44.7 Å². The van der Waals surface area contributed by atoms with Crippen molar-refractivity contribution in [3.63, 3.8) is 0 Å². The summed E-state index contributed by atoms with van der Waals surface area (Å²) in [6, 6.07) is 9.11. The largest absolute Gasteiger partial charge is 0.468 e. The molecule has 8 heteroatoms. The van der Waals surface area contributed by atoms with Gasteiger partial charge in [-0.15, -0.1) is 0 Å². The van der Waals surface area contributed by atoms with E-state index in [9.17, 15) is 9.59 Å². The number of anilines is 1. The molecule has 1 aliphatic carbocycles. The maximum absolute atomic E-state index is 13.9. The number of hydrogen-bond acceptors (Lipinski definition) is 7. The Labute approximate surface area is 214 Å². The molecule has 3 fully saturated rings. The SMILES string of the molecule is COC(=O)CN[C@H]1CCN(c2nc3ccccc3n(C3CCN(C4CCCCCCC4)CC3)c2=O)C1. The molecule has 0 radical (unpaired) electrons. The molecule has 3 aliphatic rings. The summed E-state index contributed by atoms with van der Waals surface area (Å²) in [5.74, 6) is 0.267. The van der Waals surface area contributed by atoms with E-state index in [1.807, 2.05) is 28.8 Å². The van der Waals surface area contributed by atoms with Gasteiger partial charge in [0.25, 0.3) is 5.56 Å². The average Bonchev–Trinajstić information content (AvgIpc) is 3.36. The Balaban J connectivity index is 1.33. The summed E-state index contributed by atoms with van der Waals surface area (Å²) in [6.07, 6.45) is 12.4. The van der Waals surface area contributed by atoms with Gasteiger partial charge in [-0.05, 0) is 44.2 Å². The zero-order valence-electron chi connectivity index (χ0n) is 21.7. The van der Waals surface area contributed by atoms with Crippen molar-refractivity contribution in [1.29, 1.82) is 0 Å². The maximum Gasteiger partial charge on any atom is 0.319 e. The number of ether oxygens (including phenoxy) is 1. The summed E-state index contributed by atoms with van der Waals surface area (Å²) in [5, 5.41) is 3.25. The minimum Gasteiger partial charge on any atom is -0.468 e. The van der Waals surface area contributed by atoms with E-state index in [0.29, 0.717) is 18.4 Å². The molecule has 0 spiro atoms. The van der Waals surface area contributed by atoms with Crippen LogP contribution in [0.3, 0.4) is 0 Å². The van der Waals surface area contributed by atoms with E-state index in [-0.39, 0.29) is 30.2 Å². The molecular formula is C28H41N5O3. The normalized spacial score (nSPS) is 23.0. The molecule has 0 bridgehead atoms. The Morgan fingerprint density at radius 2 is 1.69 bits per heavy atom. The van der Waals surface area contributed by atoms with Gasteiger partial charge >= 0.3 is 5.97 Å². The van der Waals surface area contributed by atoms with Gasteiger partial charge in [-0.3, -0.25) is 9.59 Å². The lowest BCUT2D eigenvalue weighted by Gasteiger charge is -2.39. The number of aromatic nitrogens is 2. The van der Waals surface area contributed by atoms with Crippen LogP contribution >= 0.6 is 0 Å². The lowest BCUT2D eigenvalue weighted by molar-refractivity contribution is -0.139. The molecule has 0 unspecified atom stereocenters. The number of carbonyl (C=O) groups excluding carboxylic acids is 1. The number of benzene rings is 1. The molecular weight excluding hydrogens is 454 g/mol. The van der Waals surface area contributed by atoms with E-state index in [1.165, 1.54) is 52.1 Å². The van der Waals surface area contributed by atoms with Gasteiger partial charge in [-0.2, -0.15) is 0 Å². The number of rotatable bonds is 6. The van der Waals surface area contributed by atoms with Crippen molar-refractivity contribution in [3.8, 4) is 0 Å². The molecule has 3 heterocycles. The topological polar surface area (TPSA) is 79.7 Å². The minimum atomic E-state index is -0.273. The van der Waals surface area contributed by atoms with E-state index in [1.54, 1.807) is 0 Å². The molecule has 5 rings (SSSR count).